The average Bonchev–Trinajstić information content (AvgIpc) is 2.36. The maximum Gasteiger partial charge on any atom is 0.274 e. The van der Waals surface area contributed by atoms with Gasteiger partial charge in [-0.2, -0.15) is 4.31 Å². The molecule has 0 heterocycles. The summed E-state index contributed by atoms with van der Waals surface area (Å²) in [5.74, 6) is -1.15. The van der Waals surface area contributed by atoms with Gasteiger partial charge in [-0.05, 0) is 20.8 Å². The lowest BCUT2D eigenvalue weighted by molar-refractivity contribution is -0.385. The smallest absolute Gasteiger partial charge is 0.274 e. The van der Waals surface area contributed by atoms with Crippen LogP contribution >= 0.6 is 0 Å². The number of halogens is 1. The Morgan fingerprint density at radius 2 is 2.00 bits per heavy atom. The third-order valence-corrected chi connectivity index (χ3v) is 5.08. The molecule has 0 amide bonds. The maximum absolute atomic E-state index is 14.2. The second-order valence-electron chi connectivity index (χ2n) is 4.71. The fourth-order valence-corrected chi connectivity index (χ4v) is 3.25. The average molecular weight is 319 g/mol. The number of anilines is 1. The summed E-state index contributed by atoms with van der Waals surface area (Å²) >= 11 is 0. The van der Waals surface area contributed by atoms with Crippen molar-refractivity contribution in [2.24, 2.45) is 0 Å². The summed E-state index contributed by atoms with van der Waals surface area (Å²) in [6, 6.07) is 1.26. The van der Waals surface area contributed by atoms with Crippen molar-refractivity contribution in [3.63, 3.8) is 0 Å². The SMILES string of the molecule is CCNc1cc([N+](=O)[O-])cc(F)c1S(=O)(=O)N(C)C(C)C. The standard InChI is InChI=1S/C12H18FN3O4S/c1-5-14-11-7-9(16(17)18)6-10(13)12(11)21(19,20)15(4)8(2)3/h6-8,14H,5H2,1-4H3. The summed E-state index contributed by atoms with van der Waals surface area (Å²) < 4.78 is 40.1. The van der Waals surface area contributed by atoms with Crippen LogP contribution in [-0.4, -0.2) is 37.3 Å². The van der Waals surface area contributed by atoms with Crippen molar-refractivity contribution in [2.75, 3.05) is 18.9 Å². The van der Waals surface area contributed by atoms with Crippen LogP contribution in [0.3, 0.4) is 0 Å². The number of non-ortho nitro benzene ring substituents is 1. The zero-order valence-corrected chi connectivity index (χ0v) is 13.1. The molecule has 1 aromatic rings. The van der Waals surface area contributed by atoms with Crippen molar-refractivity contribution in [2.45, 2.75) is 31.7 Å². The fraction of sp³-hybridized carbons (Fsp3) is 0.500. The molecule has 0 saturated carbocycles. The lowest BCUT2D eigenvalue weighted by Crippen LogP contribution is -2.34. The molecule has 0 unspecified atom stereocenters. The first kappa shape index (κ1) is 17.3. The highest BCUT2D eigenvalue weighted by atomic mass is 32.2. The van der Waals surface area contributed by atoms with Gasteiger partial charge >= 0.3 is 0 Å². The molecule has 1 N–H and O–H groups in total. The van der Waals surface area contributed by atoms with Gasteiger partial charge in [0.2, 0.25) is 10.0 Å². The quantitative estimate of drug-likeness (QED) is 0.641. The maximum atomic E-state index is 14.2. The summed E-state index contributed by atoms with van der Waals surface area (Å²) in [6.45, 7) is 5.27. The first-order valence-corrected chi connectivity index (χ1v) is 7.76. The number of hydrogen-bond donors (Lipinski definition) is 1. The summed E-state index contributed by atoms with van der Waals surface area (Å²) in [5, 5.41) is 13.4. The molecule has 9 heteroatoms. The van der Waals surface area contributed by atoms with Crippen LogP contribution in [0.5, 0.6) is 0 Å². The van der Waals surface area contributed by atoms with Crippen molar-refractivity contribution in [3.8, 4) is 0 Å². The normalized spacial score (nSPS) is 12.0. The monoisotopic (exact) mass is 319 g/mol. The lowest BCUT2D eigenvalue weighted by atomic mass is 10.2. The minimum atomic E-state index is -4.09. The van der Waals surface area contributed by atoms with Crippen molar-refractivity contribution in [1.29, 1.82) is 0 Å². The highest BCUT2D eigenvalue weighted by Crippen LogP contribution is 2.32. The first-order chi connectivity index (χ1) is 9.62. The molecule has 0 bridgehead atoms. The Morgan fingerprint density at radius 1 is 1.43 bits per heavy atom. The highest BCUT2D eigenvalue weighted by Gasteiger charge is 2.31. The Kier molecular flexibility index (Phi) is 5.24. The Morgan fingerprint density at radius 3 is 2.43 bits per heavy atom. The molecule has 0 aliphatic heterocycles. The minimum absolute atomic E-state index is 0.114. The summed E-state index contributed by atoms with van der Waals surface area (Å²) in [6.07, 6.45) is 0. The number of nitro benzene ring substituents is 1. The molecule has 0 atom stereocenters. The van der Waals surface area contributed by atoms with E-state index in [1.807, 2.05) is 0 Å². The third-order valence-electron chi connectivity index (χ3n) is 2.97. The van der Waals surface area contributed by atoms with Gasteiger partial charge in [0.15, 0.2) is 5.82 Å². The van der Waals surface area contributed by atoms with Gasteiger partial charge in [-0.15, -0.1) is 0 Å². The lowest BCUT2D eigenvalue weighted by Gasteiger charge is -2.23. The zero-order chi connectivity index (χ0) is 16.4. The molecular weight excluding hydrogens is 301 g/mol. The van der Waals surface area contributed by atoms with Crippen LogP contribution in [0.4, 0.5) is 15.8 Å². The molecule has 0 radical (unpaired) electrons. The van der Waals surface area contributed by atoms with E-state index in [1.165, 1.54) is 7.05 Å². The minimum Gasteiger partial charge on any atom is -0.384 e. The van der Waals surface area contributed by atoms with Crippen molar-refractivity contribution in [1.82, 2.24) is 4.31 Å². The molecule has 0 aliphatic rings. The number of benzene rings is 1. The van der Waals surface area contributed by atoms with E-state index in [1.54, 1.807) is 20.8 Å². The van der Waals surface area contributed by atoms with Crippen LogP contribution in [0.15, 0.2) is 17.0 Å². The number of nitro groups is 1. The zero-order valence-electron chi connectivity index (χ0n) is 12.3. The number of sulfonamides is 1. The van der Waals surface area contributed by atoms with Crippen LogP contribution in [-0.2, 0) is 10.0 Å². The molecule has 1 rings (SSSR count). The van der Waals surface area contributed by atoms with E-state index in [9.17, 15) is 22.9 Å². The third kappa shape index (κ3) is 3.48. The predicted molar refractivity (Wildman–Crippen MR) is 77.3 cm³/mol. The Hall–Kier alpha value is -1.74. The highest BCUT2D eigenvalue weighted by molar-refractivity contribution is 7.89. The fourth-order valence-electron chi connectivity index (χ4n) is 1.69. The second-order valence-corrected chi connectivity index (χ2v) is 6.64. The van der Waals surface area contributed by atoms with E-state index in [4.69, 9.17) is 0 Å². The Bertz CT molecular complexity index is 646. The van der Waals surface area contributed by atoms with E-state index in [0.717, 1.165) is 10.4 Å². The molecule has 0 spiro atoms. The molecule has 21 heavy (non-hydrogen) atoms. The molecule has 0 saturated heterocycles. The molecule has 0 aliphatic carbocycles. The Labute approximate surface area is 123 Å². The molecule has 1 aromatic carbocycles. The van der Waals surface area contributed by atoms with Gasteiger partial charge in [-0.3, -0.25) is 10.1 Å². The topological polar surface area (TPSA) is 92.5 Å². The summed E-state index contributed by atoms with van der Waals surface area (Å²) in [7, 11) is -2.76. The van der Waals surface area contributed by atoms with Gasteiger partial charge in [0.25, 0.3) is 5.69 Å². The molecule has 0 aromatic heterocycles. The number of nitrogens with one attached hydrogen (secondary N) is 1. The van der Waals surface area contributed by atoms with Gasteiger partial charge in [0.05, 0.1) is 16.7 Å². The van der Waals surface area contributed by atoms with E-state index >= 15 is 0 Å². The molecule has 0 fully saturated rings. The second kappa shape index (κ2) is 6.35. The largest absolute Gasteiger partial charge is 0.384 e. The van der Waals surface area contributed by atoms with E-state index in [0.29, 0.717) is 12.6 Å². The van der Waals surface area contributed by atoms with E-state index < -0.39 is 31.3 Å². The predicted octanol–water partition coefficient (Wildman–Crippen LogP) is 2.19. The Balaban J connectivity index is 3.58. The molecular formula is C12H18FN3O4S. The number of nitrogens with zero attached hydrogens (tertiary/aromatic N) is 2. The van der Waals surface area contributed by atoms with Crippen molar-refractivity contribution in [3.05, 3.63) is 28.1 Å². The van der Waals surface area contributed by atoms with Crippen molar-refractivity contribution >= 4 is 21.4 Å². The van der Waals surface area contributed by atoms with Gasteiger partial charge in [-0.25, -0.2) is 12.8 Å². The molecule has 118 valence electrons. The van der Waals surface area contributed by atoms with E-state index in [-0.39, 0.29) is 11.7 Å². The van der Waals surface area contributed by atoms with E-state index in [2.05, 4.69) is 5.32 Å². The number of hydrogen-bond acceptors (Lipinski definition) is 5. The van der Waals surface area contributed by atoms with Crippen LogP contribution in [0, 0.1) is 15.9 Å². The van der Waals surface area contributed by atoms with Gasteiger partial charge in [-0.1, -0.05) is 0 Å². The van der Waals surface area contributed by atoms with Gasteiger partial charge < -0.3 is 5.32 Å². The van der Waals surface area contributed by atoms with Gasteiger partial charge in [0, 0.05) is 25.7 Å². The van der Waals surface area contributed by atoms with Crippen LogP contribution in [0.25, 0.3) is 0 Å². The summed E-state index contributed by atoms with van der Waals surface area (Å²) in [5.41, 5.74) is -0.619. The summed E-state index contributed by atoms with van der Waals surface area (Å²) in [4.78, 5) is 9.41. The van der Waals surface area contributed by atoms with Crippen molar-refractivity contribution < 1.29 is 17.7 Å². The number of rotatable bonds is 6. The van der Waals surface area contributed by atoms with Gasteiger partial charge in [0.1, 0.15) is 4.90 Å². The van der Waals surface area contributed by atoms with Crippen LogP contribution < -0.4 is 5.32 Å². The van der Waals surface area contributed by atoms with Crippen LogP contribution in [0.1, 0.15) is 20.8 Å². The first-order valence-electron chi connectivity index (χ1n) is 6.32. The molecule has 7 nitrogen and oxygen atoms in total. The van der Waals surface area contributed by atoms with Crippen LogP contribution in [0.2, 0.25) is 0 Å².